The Kier molecular flexibility index (Phi) is 8.80. The average Bonchev–Trinajstić information content (AvgIpc) is 3.54. The first-order valence-electron chi connectivity index (χ1n) is 17.1. The number of methoxy groups -OCH3 is 1. The second kappa shape index (κ2) is 13.3. The van der Waals surface area contributed by atoms with Crippen molar-refractivity contribution < 1.29 is 43.5 Å². The van der Waals surface area contributed by atoms with Crippen LogP contribution in [-0.2, 0) is 24.6 Å². The highest BCUT2D eigenvalue weighted by Crippen LogP contribution is 2.64. The van der Waals surface area contributed by atoms with Crippen LogP contribution >= 0.6 is 23.2 Å². The number of nitrogens with zero attached hydrogens (tertiary/aromatic N) is 2. The standard InChI is InChI=1S/C39H31BCl2FN3O8/c1-54-31-16-19(15-30(42)34(31)47)33-26-13-14-27-32(37(50)45(35(27)48)25-4-2-3-21(17-25)40(52)53)28(26)18-29-36(49)46(44-24-11-9-23(43)10-12-24)38(51)39(29,33)20-5-7-22(41)8-6-20/h2-13,15-17,27-29,32-33,44,47,52-53H,14,18H2,1H3/t27-,28+,29-,32-,33-,39+/m0/s1. The fourth-order valence-electron chi connectivity index (χ4n) is 9.03. The molecule has 11 nitrogen and oxygen atoms in total. The number of hydrogen-bond donors (Lipinski definition) is 4. The van der Waals surface area contributed by atoms with E-state index in [0.29, 0.717) is 21.7 Å². The lowest BCUT2D eigenvalue weighted by atomic mass is 9.49. The van der Waals surface area contributed by atoms with Gasteiger partial charge in [-0.2, -0.15) is 5.01 Å². The lowest BCUT2D eigenvalue weighted by Gasteiger charge is -2.50. The number of fused-ring (bicyclic) bond motifs is 4. The maximum atomic E-state index is 15.3. The van der Waals surface area contributed by atoms with Crippen LogP contribution in [0.2, 0.25) is 10.0 Å². The van der Waals surface area contributed by atoms with Crippen molar-refractivity contribution in [3.63, 3.8) is 0 Å². The second-order valence-electron chi connectivity index (χ2n) is 13.9. The van der Waals surface area contributed by atoms with Crippen LogP contribution in [0, 0.1) is 29.5 Å². The summed E-state index contributed by atoms with van der Waals surface area (Å²) in [5.41, 5.74) is 3.23. The van der Waals surface area contributed by atoms with Crippen LogP contribution in [0.5, 0.6) is 11.5 Å². The van der Waals surface area contributed by atoms with Crippen molar-refractivity contribution in [1.82, 2.24) is 5.01 Å². The third-order valence-corrected chi connectivity index (χ3v) is 11.8. The fraction of sp³-hybridized carbons (Fsp3) is 0.231. The van der Waals surface area contributed by atoms with Gasteiger partial charge in [0.05, 0.1) is 46.7 Å². The maximum absolute atomic E-state index is 15.3. The number of phenolic OH excluding ortho intramolecular Hbond substituents is 1. The van der Waals surface area contributed by atoms with Gasteiger partial charge in [-0.3, -0.25) is 29.5 Å². The molecule has 4 aliphatic rings. The van der Waals surface area contributed by atoms with Gasteiger partial charge in [-0.1, -0.05) is 59.1 Å². The van der Waals surface area contributed by atoms with Crippen LogP contribution in [-0.4, -0.2) is 58.0 Å². The van der Waals surface area contributed by atoms with Crippen molar-refractivity contribution in [2.75, 3.05) is 17.4 Å². The molecule has 15 heteroatoms. The summed E-state index contributed by atoms with van der Waals surface area (Å²) in [5, 5.41) is 31.7. The summed E-state index contributed by atoms with van der Waals surface area (Å²) in [6, 6.07) is 20.7. The van der Waals surface area contributed by atoms with Crippen molar-refractivity contribution in [2.45, 2.75) is 24.2 Å². The van der Waals surface area contributed by atoms with E-state index in [1.165, 1.54) is 61.7 Å². The first-order chi connectivity index (χ1) is 25.9. The second-order valence-corrected chi connectivity index (χ2v) is 14.8. The average molecular weight is 770 g/mol. The van der Waals surface area contributed by atoms with Crippen LogP contribution in [0.4, 0.5) is 15.8 Å². The molecule has 2 aliphatic carbocycles. The SMILES string of the molecule is COc1cc([C@H]2C3=CC[C@@H]4C(=O)N(c5cccc(B(O)O)c5)C(=O)[C@@H]4[C@@H]3C[C@H]3C(=O)N(Nc4ccc(F)cc4)C(=O)[C@@]23c2ccc(Cl)cc2)cc(Cl)c1O. The summed E-state index contributed by atoms with van der Waals surface area (Å²) < 4.78 is 19.4. The lowest BCUT2D eigenvalue weighted by molar-refractivity contribution is -0.138. The molecule has 4 N–H and O–H groups in total. The first kappa shape index (κ1) is 35.8. The number of anilines is 2. The molecule has 4 aromatic carbocycles. The number of ether oxygens (including phenoxy) is 1. The highest BCUT2D eigenvalue weighted by atomic mass is 35.5. The number of nitrogens with one attached hydrogen (secondary N) is 1. The zero-order chi connectivity index (χ0) is 38.2. The summed E-state index contributed by atoms with van der Waals surface area (Å²) >= 11 is 12.9. The summed E-state index contributed by atoms with van der Waals surface area (Å²) in [6.45, 7) is 0. The molecule has 0 spiro atoms. The third-order valence-electron chi connectivity index (χ3n) is 11.3. The molecule has 8 rings (SSSR count). The van der Waals surface area contributed by atoms with Gasteiger partial charge < -0.3 is 19.9 Å². The van der Waals surface area contributed by atoms with Crippen LogP contribution in [0.1, 0.15) is 29.9 Å². The van der Waals surface area contributed by atoms with E-state index in [1.54, 1.807) is 30.3 Å². The molecule has 6 atom stereocenters. The Morgan fingerprint density at radius 3 is 2.31 bits per heavy atom. The number of amides is 4. The van der Waals surface area contributed by atoms with Gasteiger partial charge in [0.1, 0.15) is 5.82 Å². The molecule has 2 heterocycles. The molecule has 54 heavy (non-hydrogen) atoms. The molecule has 2 saturated heterocycles. The van der Waals surface area contributed by atoms with Gasteiger partial charge in [-0.05, 0) is 96.0 Å². The Labute approximate surface area is 318 Å². The number of hydrazine groups is 1. The van der Waals surface area contributed by atoms with Gasteiger partial charge >= 0.3 is 7.12 Å². The van der Waals surface area contributed by atoms with Crippen LogP contribution in [0.25, 0.3) is 0 Å². The number of halogens is 3. The van der Waals surface area contributed by atoms with Crippen LogP contribution in [0.3, 0.4) is 0 Å². The zero-order valence-electron chi connectivity index (χ0n) is 28.4. The minimum absolute atomic E-state index is 0.0104. The summed E-state index contributed by atoms with van der Waals surface area (Å²) in [6.07, 6.45) is 1.97. The highest BCUT2D eigenvalue weighted by molar-refractivity contribution is 6.58. The minimum atomic E-state index is -1.83. The van der Waals surface area contributed by atoms with Gasteiger partial charge in [0.2, 0.25) is 11.8 Å². The van der Waals surface area contributed by atoms with E-state index in [2.05, 4.69) is 5.43 Å². The molecule has 4 amide bonds. The number of allylic oxidation sites excluding steroid dienone is 2. The number of rotatable bonds is 7. The van der Waals surface area contributed by atoms with E-state index in [9.17, 15) is 33.9 Å². The van der Waals surface area contributed by atoms with E-state index in [0.717, 1.165) is 9.91 Å². The van der Waals surface area contributed by atoms with E-state index in [-0.39, 0.29) is 46.2 Å². The summed E-state index contributed by atoms with van der Waals surface area (Å²) in [5.74, 6) is -7.66. The quantitative estimate of drug-likeness (QED) is 0.119. The van der Waals surface area contributed by atoms with Crippen molar-refractivity contribution in [2.24, 2.45) is 23.7 Å². The monoisotopic (exact) mass is 769 g/mol. The van der Waals surface area contributed by atoms with Crippen LogP contribution < -0.4 is 20.5 Å². The zero-order valence-corrected chi connectivity index (χ0v) is 30.0. The number of hydrogen-bond acceptors (Lipinski definition) is 9. The summed E-state index contributed by atoms with van der Waals surface area (Å²) in [7, 11) is -0.484. The van der Waals surface area contributed by atoms with E-state index < -0.39 is 71.6 Å². The Morgan fingerprint density at radius 1 is 0.907 bits per heavy atom. The largest absolute Gasteiger partial charge is 0.503 e. The topological polar surface area (TPSA) is 157 Å². The van der Waals surface area contributed by atoms with Crippen molar-refractivity contribution in [3.8, 4) is 11.5 Å². The Balaban J connectivity index is 1.33. The molecule has 2 aliphatic heterocycles. The third kappa shape index (κ3) is 5.32. The predicted molar refractivity (Wildman–Crippen MR) is 197 cm³/mol. The molecule has 0 aromatic heterocycles. The molecule has 274 valence electrons. The van der Waals surface area contributed by atoms with Crippen molar-refractivity contribution >= 4 is 70.8 Å². The number of imide groups is 2. The van der Waals surface area contributed by atoms with Gasteiger partial charge in [0.15, 0.2) is 11.5 Å². The predicted octanol–water partition coefficient (Wildman–Crippen LogP) is 4.72. The van der Waals surface area contributed by atoms with Gasteiger partial charge in [-0.15, -0.1) is 0 Å². The molecule has 0 radical (unpaired) electrons. The number of carbonyl (C=O) groups excluding carboxylic acids is 4. The Morgan fingerprint density at radius 2 is 1.63 bits per heavy atom. The van der Waals surface area contributed by atoms with Crippen LogP contribution in [0.15, 0.2) is 96.6 Å². The number of carbonyl (C=O) groups is 4. The molecule has 1 saturated carbocycles. The van der Waals surface area contributed by atoms with Crippen molar-refractivity contribution in [3.05, 3.63) is 124 Å². The maximum Gasteiger partial charge on any atom is 0.488 e. The molecular formula is C39H31BCl2FN3O8. The lowest BCUT2D eigenvalue weighted by Crippen LogP contribution is -2.53. The normalized spacial score (nSPS) is 26.0. The number of benzene rings is 4. The molecule has 0 bridgehead atoms. The molecular weight excluding hydrogens is 739 g/mol. The molecule has 4 aromatic rings. The highest BCUT2D eigenvalue weighted by Gasteiger charge is 2.70. The van der Waals surface area contributed by atoms with E-state index in [4.69, 9.17) is 27.9 Å². The van der Waals surface area contributed by atoms with Gasteiger partial charge in [-0.25, -0.2) is 4.39 Å². The van der Waals surface area contributed by atoms with Gasteiger partial charge in [0.25, 0.3) is 11.8 Å². The molecule has 3 fully saturated rings. The Bertz CT molecular complexity index is 2270. The first-order valence-corrected chi connectivity index (χ1v) is 17.9. The van der Waals surface area contributed by atoms with E-state index >= 15 is 4.79 Å². The fourth-order valence-corrected chi connectivity index (χ4v) is 9.37. The Hall–Kier alpha value is -5.21. The number of aromatic hydroxyl groups is 1. The molecule has 0 unspecified atom stereocenters. The summed E-state index contributed by atoms with van der Waals surface area (Å²) in [4.78, 5) is 59.8. The van der Waals surface area contributed by atoms with E-state index in [1.807, 2.05) is 6.08 Å². The van der Waals surface area contributed by atoms with Crippen molar-refractivity contribution in [1.29, 1.82) is 0 Å². The van der Waals surface area contributed by atoms with Gasteiger partial charge in [0, 0.05) is 10.9 Å². The minimum Gasteiger partial charge on any atom is -0.503 e. The number of phenols is 1. The smallest absolute Gasteiger partial charge is 0.488 e.